The van der Waals surface area contributed by atoms with Crippen molar-refractivity contribution in [3.05, 3.63) is 98.6 Å². The van der Waals surface area contributed by atoms with Gasteiger partial charge in [-0.1, -0.05) is 54.1 Å². The van der Waals surface area contributed by atoms with Gasteiger partial charge in [-0.05, 0) is 71.3 Å². The van der Waals surface area contributed by atoms with Gasteiger partial charge in [0.1, 0.15) is 12.4 Å². The van der Waals surface area contributed by atoms with Crippen molar-refractivity contribution in [1.82, 2.24) is 5.32 Å². The first-order chi connectivity index (χ1) is 15.9. The van der Waals surface area contributed by atoms with Crippen molar-refractivity contribution in [2.75, 3.05) is 13.2 Å². The molecule has 33 heavy (non-hydrogen) atoms. The van der Waals surface area contributed by atoms with Gasteiger partial charge in [-0.25, -0.2) is 0 Å². The van der Waals surface area contributed by atoms with E-state index in [1.807, 2.05) is 55.5 Å². The summed E-state index contributed by atoms with van der Waals surface area (Å²) in [5.74, 6) is -0.217. The number of ketones is 2. The zero-order valence-electron chi connectivity index (χ0n) is 18.5. The van der Waals surface area contributed by atoms with Crippen LogP contribution in [0.5, 0.6) is 5.75 Å². The number of para-hydroxylation sites is 1. The molecule has 0 unspecified atom stereocenters. The predicted molar refractivity (Wildman–Crippen MR) is 137 cm³/mol. The van der Waals surface area contributed by atoms with Crippen molar-refractivity contribution in [3.63, 3.8) is 0 Å². The van der Waals surface area contributed by atoms with Crippen molar-refractivity contribution in [3.8, 4) is 5.75 Å². The number of halogens is 1. The lowest BCUT2D eigenvalue weighted by molar-refractivity contribution is -0.120. The lowest BCUT2D eigenvalue weighted by Crippen LogP contribution is -2.30. The van der Waals surface area contributed by atoms with E-state index in [4.69, 9.17) is 4.74 Å². The Labute approximate surface area is 207 Å². The number of amides is 1. The molecule has 1 N–H and O–H groups in total. The van der Waals surface area contributed by atoms with Crippen LogP contribution in [-0.4, -0.2) is 30.6 Å². The fourth-order valence-electron chi connectivity index (χ4n) is 3.22. The summed E-state index contributed by atoms with van der Waals surface area (Å²) in [5.41, 5.74) is 3.48. The Bertz CT molecular complexity index is 1110. The Balaban J connectivity index is 1.48. The number of rotatable bonds is 11. The lowest BCUT2D eigenvalue weighted by Gasteiger charge is -2.11. The van der Waals surface area contributed by atoms with Gasteiger partial charge in [-0.2, -0.15) is 0 Å². The monoisotopic (exact) mass is 555 g/mol. The molecule has 0 spiro atoms. The van der Waals surface area contributed by atoms with E-state index >= 15 is 0 Å². The van der Waals surface area contributed by atoms with E-state index in [9.17, 15) is 14.4 Å². The number of carbonyl (C=O) groups excluding carboxylic acids is 3. The van der Waals surface area contributed by atoms with Crippen molar-refractivity contribution >= 4 is 40.1 Å². The molecule has 0 radical (unpaired) electrons. The summed E-state index contributed by atoms with van der Waals surface area (Å²) in [4.78, 5) is 37.1. The average molecular weight is 555 g/mol. The van der Waals surface area contributed by atoms with E-state index in [1.165, 1.54) is 5.56 Å². The molecule has 0 heterocycles. The topological polar surface area (TPSA) is 72.5 Å². The number of aryl methyl sites for hydroxylation is 2. The van der Waals surface area contributed by atoms with Crippen LogP contribution in [0.3, 0.4) is 0 Å². The highest BCUT2D eigenvalue weighted by molar-refractivity contribution is 14.1. The second kappa shape index (κ2) is 12.3. The second-order valence-electron chi connectivity index (χ2n) is 7.83. The zero-order chi connectivity index (χ0) is 23.6. The number of nitrogens with one attached hydrogen (secondary N) is 1. The Hall–Kier alpha value is -3.00. The van der Waals surface area contributed by atoms with Gasteiger partial charge in [-0.3, -0.25) is 14.4 Å². The molecule has 0 saturated heterocycles. The van der Waals surface area contributed by atoms with Gasteiger partial charge in [0.15, 0.2) is 11.6 Å². The van der Waals surface area contributed by atoms with E-state index in [0.717, 1.165) is 14.7 Å². The van der Waals surface area contributed by atoms with Gasteiger partial charge in [-0.15, -0.1) is 0 Å². The SMILES string of the molecule is Cc1ccc(CCC(=O)CNC(=O)c2ccccc2OCC(=O)Cc2ccc(I)cc2)cc1. The fourth-order valence-corrected chi connectivity index (χ4v) is 3.58. The maximum atomic E-state index is 12.6. The van der Waals surface area contributed by atoms with Gasteiger partial charge in [0.25, 0.3) is 5.91 Å². The third-order valence-electron chi connectivity index (χ3n) is 5.09. The molecule has 0 fully saturated rings. The van der Waals surface area contributed by atoms with E-state index in [1.54, 1.807) is 24.3 Å². The summed E-state index contributed by atoms with van der Waals surface area (Å²) >= 11 is 2.21. The van der Waals surface area contributed by atoms with Crippen LogP contribution in [0.1, 0.15) is 33.5 Å². The maximum absolute atomic E-state index is 12.6. The van der Waals surface area contributed by atoms with Crippen molar-refractivity contribution < 1.29 is 19.1 Å². The fraction of sp³-hybridized carbons (Fsp3) is 0.222. The highest BCUT2D eigenvalue weighted by atomic mass is 127. The van der Waals surface area contributed by atoms with Gasteiger partial charge >= 0.3 is 0 Å². The molecule has 0 aliphatic heterocycles. The van der Waals surface area contributed by atoms with Crippen molar-refractivity contribution in [2.45, 2.75) is 26.2 Å². The number of ether oxygens (including phenoxy) is 1. The molecule has 5 nitrogen and oxygen atoms in total. The van der Waals surface area contributed by atoms with Crippen LogP contribution >= 0.6 is 22.6 Å². The minimum absolute atomic E-state index is 0.0463. The van der Waals surface area contributed by atoms with Crippen molar-refractivity contribution in [2.24, 2.45) is 0 Å². The Morgan fingerprint density at radius 2 is 1.52 bits per heavy atom. The maximum Gasteiger partial charge on any atom is 0.255 e. The van der Waals surface area contributed by atoms with Crippen LogP contribution in [0.15, 0.2) is 72.8 Å². The molecule has 0 saturated carbocycles. The van der Waals surface area contributed by atoms with Crippen LogP contribution in [0.2, 0.25) is 0 Å². The Morgan fingerprint density at radius 3 is 2.24 bits per heavy atom. The van der Waals surface area contributed by atoms with E-state index < -0.39 is 5.91 Å². The summed E-state index contributed by atoms with van der Waals surface area (Å²) in [6.07, 6.45) is 1.26. The molecule has 0 aromatic heterocycles. The first-order valence-corrected chi connectivity index (χ1v) is 11.8. The van der Waals surface area contributed by atoms with Crippen LogP contribution in [0.25, 0.3) is 0 Å². The molecule has 0 aliphatic carbocycles. The van der Waals surface area contributed by atoms with E-state index in [0.29, 0.717) is 24.2 Å². The number of hydrogen-bond donors (Lipinski definition) is 1. The molecule has 6 heteroatoms. The molecule has 0 bridgehead atoms. The van der Waals surface area contributed by atoms with Crippen LogP contribution < -0.4 is 10.1 Å². The molecule has 3 aromatic carbocycles. The first-order valence-electron chi connectivity index (χ1n) is 10.7. The number of Topliss-reactive ketones (excluding diaryl/α,β-unsaturated/α-hetero) is 2. The minimum Gasteiger partial charge on any atom is -0.485 e. The van der Waals surface area contributed by atoms with E-state index in [-0.39, 0.29) is 31.1 Å². The third-order valence-corrected chi connectivity index (χ3v) is 5.81. The van der Waals surface area contributed by atoms with Crippen LogP contribution in [-0.2, 0) is 22.4 Å². The summed E-state index contributed by atoms with van der Waals surface area (Å²) in [7, 11) is 0. The number of hydrogen-bond acceptors (Lipinski definition) is 4. The number of benzene rings is 3. The quantitative estimate of drug-likeness (QED) is 0.348. The Kier molecular flexibility index (Phi) is 9.18. The van der Waals surface area contributed by atoms with Gasteiger partial charge in [0.2, 0.25) is 0 Å². The summed E-state index contributed by atoms with van der Waals surface area (Å²) in [6.45, 7) is 1.84. The van der Waals surface area contributed by atoms with Gasteiger partial charge in [0, 0.05) is 16.4 Å². The smallest absolute Gasteiger partial charge is 0.255 e. The molecule has 0 aliphatic rings. The molecule has 1 amide bonds. The number of carbonyl (C=O) groups is 3. The summed E-state index contributed by atoms with van der Waals surface area (Å²) in [6, 6.07) is 22.5. The largest absolute Gasteiger partial charge is 0.485 e. The molecule has 3 aromatic rings. The van der Waals surface area contributed by atoms with Crippen molar-refractivity contribution in [1.29, 1.82) is 0 Å². The zero-order valence-corrected chi connectivity index (χ0v) is 20.6. The molecule has 0 atom stereocenters. The first kappa shape index (κ1) is 24.6. The summed E-state index contributed by atoms with van der Waals surface area (Å²) < 4.78 is 6.75. The molecule has 3 rings (SSSR count). The second-order valence-corrected chi connectivity index (χ2v) is 9.08. The van der Waals surface area contributed by atoms with Crippen LogP contribution in [0.4, 0.5) is 0 Å². The lowest BCUT2D eigenvalue weighted by atomic mass is 10.1. The average Bonchev–Trinajstić information content (AvgIpc) is 2.82. The highest BCUT2D eigenvalue weighted by Crippen LogP contribution is 2.18. The van der Waals surface area contributed by atoms with Gasteiger partial charge < -0.3 is 10.1 Å². The van der Waals surface area contributed by atoms with E-state index in [2.05, 4.69) is 27.9 Å². The minimum atomic E-state index is -0.403. The molecule has 170 valence electrons. The molecular formula is C27H26INO4. The van der Waals surface area contributed by atoms with Crippen LogP contribution in [0, 0.1) is 10.5 Å². The predicted octanol–water partition coefficient (Wildman–Crippen LogP) is 4.72. The summed E-state index contributed by atoms with van der Waals surface area (Å²) in [5, 5.41) is 2.66. The highest BCUT2D eigenvalue weighted by Gasteiger charge is 2.15. The molecular weight excluding hydrogens is 529 g/mol. The normalized spacial score (nSPS) is 10.5. The Morgan fingerprint density at radius 1 is 0.848 bits per heavy atom. The third kappa shape index (κ3) is 8.13. The standard InChI is InChI=1S/C27H26INO4/c1-19-6-8-20(9-7-19)12-15-23(30)17-29-27(32)25-4-2-3-5-26(25)33-18-24(31)16-21-10-13-22(28)14-11-21/h2-11,13-14H,12,15-18H2,1H3,(H,29,32). The van der Waals surface area contributed by atoms with Gasteiger partial charge in [0.05, 0.1) is 12.1 Å².